The fourth-order valence-electron chi connectivity index (χ4n) is 2.70. The highest BCUT2D eigenvalue weighted by Gasteiger charge is 2.34. The molecule has 1 rings (SSSR count). The normalized spacial score (nSPS) is 12.6. The number of amides is 1. The number of ketones is 1. The van der Waals surface area contributed by atoms with Gasteiger partial charge in [-0.2, -0.15) is 0 Å². The average Bonchev–Trinajstić information content (AvgIpc) is 2.56. The predicted molar refractivity (Wildman–Crippen MR) is 116 cm³/mol. The third-order valence-corrected chi connectivity index (χ3v) is 4.01. The van der Waals surface area contributed by atoms with Crippen molar-refractivity contribution in [3.8, 4) is 0 Å². The lowest BCUT2D eigenvalue weighted by Crippen LogP contribution is -2.50. The molecule has 1 N–H and O–H groups in total. The average molecular weight is 387 g/mol. The van der Waals surface area contributed by atoms with Crippen molar-refractivity contribution in [2.75, 3.05) is 18.0 Å². The fraction of sp³-hybridized carbons (Fsp3) is 0.478. The van der Waals surface area contributed by atoms with Crippen LogP contribution < -0.4 is 10.2 Å². The van der Waals surface area contributed by atoms with Crippen molar-refractivity contribution >= 4 is 17.6 Å². The Balaban J connectivity index is 3.04. The molecule has 0 unspecified atom stereocenters. The van der Waals surface area contributed by atoms with Crippen LogP contribution in [0.25, 0.3) is 0 Å². The predicted octanol–water partition coefficient (Wildman–Crippen LogP) is 4.99. The number of nitrogens with one attached hydrogen (secondary N) is 1. The van der Waals surface area contributed by atoms with Crippen molar-refractivity contribution in [1.29, 1.82) is 0 Å². The molecule has 1 amide bonds. The van der Waals surface area contributed by atoms with Crippen LogP contribution in [0.5, 0.6) is 0 Å². The number of nitrogens with zero attached hydrogens (tertiary/aromatic N) is 1. The second-order valence-electron chi connectivity index (χ2n) is 8.84. The monoisotopic (exact) mass is 386 g/mol. The topological polar surface area (TPSA) is 58.6 Å². The first-order valence-corrected chi connectivity index (χ1v) is 9.49. The minimum absolute atomic E-state index is 0.149. The summed E-state index contributed by atoms with van der Waals surface area (Å²) in [4.78, 5) is 27.4. The maximum absolute atomic E-state index is 13.1. The van der Waals surface area contributed by atoms with E-state index in [4.69, 9.17) is 4.74 Å². The van der Waals surface area contributed by atoms with Crippen molar-refractivity contribution in [3.05, 3.63) is 55.1 Å². The van der Waals surface area contributed by atoms with Gasteiger partial charge in [-0.05, 0) is 50.5 Å². The Labute approximate surface area is 169 Å². The van der Waals surface area contributed by atoms with Crippen LogP contribution in [0.4, 0.5) is 10.5 Å². The number of rotatable bonds is 8. The Bertz CT molecular complexity index is 684. The number of carbonyl (C=O) groups is 2. The SMILES string of the molecule is C=CCN(CC=C)c1ccc(C(=O)[C@@H](NC(=O)OC(C)(C)C)C(C)(C)C)cc1. The van der Waals surface area contributed by atoms with Crippen LogP contribution >= 0.6 is 0 Å². The number of Topliss-reactive ketones (excluding diaryl/α,β-unsaturated/α-hetero) is 1. The van der Waals surface area contributed by atoms with Gasteiger partial charge in [-0.15, -0.1) is 13.2 Å². The minimum Gasteiger partial charge on any atom is -0.444 e. The van der Waals surface area contributed by atoms with Crippen LogP contribution in [-0.4, -0.2) is 36.6 Å². The van der Waals surface area contributed by atoms with E-state index in [2.05, 4.69) is 23.4 Å². The molecule has 0 saturated carbocycles. The molecule has 1 aromatic carbocycles. The molecule has 0 aliphatic heterocycles. The zero-order valence-electron chi connectivity index (χ0n) is 18.0. The summed E-state index contributed by atoms with van der Waals surface area (Å²) in [5.74, 6) is -0.149. The molecule has 5 nitrogen and oxygen atoms in total. The molecule has 0 bridgehead atoms. The molecule has 154 valence electrons. The Morgan fingerprint density at radius 3 is 1.93 bits per heavy atom. The molecule has 0 saturated heterocycles. The first-order chi connectivity index (χ1) is 12.9. The van der Waals surface area contributed by atoms with Gasteiger partial charge in [0.05, 0.1) is 0 Å². The van der Waals surface area contributed by atoms with Crippen LogP contribution in [0, 0.1) is 5.41 Å². The molecule has 0 aliphatic rings. The number of ether oxygens (including phenoxy) is 1. The Hall–Kier alpha value is -2.56. The van der Waals surface area contributed by atoms with E-state index in [1.165, 1.54) is 0 Å². The van der Waals surface area contributed by atoms with Gasteiger partial charge < -0.3 is 15.0 Å². The molecule has 1 atom stereocenters. The first kappa shape index (κ1) is 23.5. The number of benzene rings is 1. The Morgan fingerprint density at radius 2 is 1.54 bits per heavy atom. The van der Waals surface area contributed by atoms with E-state index in [1.807, 2.05) is 45.1 Å². The van der Waals surface area contributed by atoms with Crippen LogP contribution in [0.15, 0.2) is 49.6 Å². The highest BCUT2D eigenvalue weighted by molar-refractivity contribution is 6.02. The molecule has 0 aromatic heterocycles. The molecule has 0 aliphatic carbocycles. The van der Waals surface area contributed by atoms with Gasteiger partial charge in [0.25, 0.3) is 0 Å². The Morgan fingerprint density at radius 1 is 1.04 bits per heavy atom. The van der Waals surface area contributed by atoms with E-state index in [1.54, 1.807) is 32.9 Å². The van der Waals surface area contributed by atoms with Gasteiger partial charge in [0.1, 0.15) is 11.6 Å². The van der Waals surface area contributed by atoms with Gasteiger partial charge in [0.15, 0.2) is 5.78 Å². The van der Waals surface area contributed by atoms with Gasteiger partial charge >= 0.3 is 6.09 Å². The van der Waals surface area contributed by atoms with E-state index < -0.39 is 23.2 Å². The van der Waals surface area contributed by atoms with E-state index in [9.17, 15) is 9.59 Å². The quantitative estimate of drug-likeness (QED) is 0.505. The second kappa shape index (κ2) is 9.58. The first-order valence-electron chi connectivity index (χ1n) is 9.49. The lowest BCUT2D eigenvalue weighted by atomic mass is 9.82. The standard InChI is InChI=1S/C23H34N2O3/c1-9-15-25(16-10-2)18-13-11-17(12-14-18)19(26)20(22(3,4)5)24-21(27)28-23(6,7)8/h9-14,20H,1-2,15-16H2,3-8H3,(H,24,27)/t20-/m1/s1. The summed E-state index contributed by atoms with van der Waals surface area (Å²) in [6.07, 6.45) is 3.05. The van der Waals surface area contributed by atoms with Gasteiger partial charge in [0.2, 0.25) is 0 Å². The van der Waals surface area contributed by atoms with E-state index in [0.717, 1.165) is 5.69 Å². The molecule has 0 spiro atoms. The fourth-order valence-corrected chi connectivity index (χ4v) is 2.70. The van der Waals surface area contributed by atoms with E-state index in [0.29, 0.717) is 18.7 Å². The summed E-state index contributed by atoms with van der Waals surface area (Å²) in [6.45, 7) is 20.0. The summed E-state index contributed by atoms with van der Waals surface area (Å²) in [6, 6.07) is 6.66. The number of alkyl carbamates (subject to hydrolysis) is 1. The van der Waals surface area contributed by atoms with Crippen molar-refractivity contribution in [2.24, 2.45) is 5.41 Å². The zero-order chi connectivity index (χ0) is 21.5. The molecule has 0 radical (unpaired) electrons. The minimum atomic E-state index is -0.703. The van der Waals surface area contributed by atoms with Crippen LogP contribution in [0.3, 0.4) is 0 Å². The number of anilines is 1. The molecular formula is C23H34N2O3. The Kier molecular flexibility index (Phi) is 8.03. The highest BCUT2D eigenvalue weighted by atomic mass is 16.6. The van der Waals surface area contributed by atoms with Crippen molar-refractivity contribution in [2.45, 2.75) is 53.2 Å². The summed E-state index contributed by atoms with van der Waals surface area (Å²) in [7, 11) is 0. The van der Waals surface area contributed by atoms with Crippen molar-refractivity contribution in [3.63, 3.8) is 0 Å². The lowest BCUT2D eigenvalue weighted by molar-refractivity contribution is 0.0446. The summed E-state index contributed by atoms with van der Waals surface area (Å²) in [5, 5.41) is 2.74. The largest absolute Gasteiger partial charge is 0.444 e. The van der Waals surface area contributed by atoms with Crippen molar-refractivity contribution < 1.29 is 14.3 Å². The number of hydrogen-bond donors (Lipinski definition) is 1. The van der Waals surface area contributed by atoms with Gasteiger partial charge in [0, 0.05) is 24.3 Å². The van der Waals surface area contributed by atoms with Crippen LogP contribution in [-0.2, 0) is 4.74 Å². The molecular weight excluding hydrogens is 352 g/mol. The second-order valence-corrected chi connectivity index (χ2v) is 8.84. The van der Waals surface area contributed by atoms with Crippen LogP contribution in [0.1, 0.15) is 51.9 Å². The van der Waals surface area contributed by atoms with Crippen molar-refractivity contribution in [1.82, 2.24) is 5.32 Å². The summed E-state index contributed by atoms with van der Waals surface area (Å²) >= 11 is 0. The highest BCUT2D eigenvalue weighted by Crippen LogP contribution is 2.25. The third kappa shape index (κ3) is 7.22. The summed E-state index contributed by atoms with van der Waals surface area (Å²) < 4.78 is 5.33. The van der Waals surface area contributed by atoms with Crippen LogP contribution in [0.2, 0.25) is 0 Å². The van der Waals surface area contributed by atoms with Gasteiger partial charge in [-0.3, -0.25) is 4.79 Å². The smallest absolute Gasteiger partial charge is 0.408 e. The van der Waals surface area contributed by atoms with E-state index >= 15 is 0 Å². The maximum Gasteiger partial charge on any atom is 0.408 e. The third-order valence-electron chi connectivity index (χ3n) is 4.01. The number of hydrogen-bond acceptors (Lipinski definition) is 4. The molecule has 28 heavy (non-hydrogen) atoms. The summed E-state index contributed by atoms with van der Waals surface area (Å²) in [5.41, 5.74) is 0.419. The van der Waals surface area contributed by atoms with E-state index in [-0.39, 0.29) is 5.78 Å². The molecule has 1 aromatic rings. The molecule has 0 heterocycles. The van der Waals surface area contributed by atoms with Gasteiger partial charge in [-0.1, -0.05) is 32.9 Å². The molecule has 0 fully saturated rings. The maximum atomic E-state index is 13.1. The number of carbonyl (C=O) groups excluding carboxylic acids is 2. The van der Waals surface area contributed by atoms with Gasteiger partial charge in [-0.25, -0.2) is 4.79 Å². The zero-order valence-corrected chi connectivity index (χ0v) is 18.0. The lowest BCUT2D eigenvalue weighted by Gasteiger charge is -2.31. The molecule has 5 heteroatoms.